The van der Waals surface area contributed by atoms with Crippen LogP contribution in [0.25, 0.3) is 0 Å². The molecule has 1 heterocycles. The summed E-state index contributed by atoms with van der Waals surface area (Å²) in [6.45, 7) is 4.87. The summed E-state index contributed by atoms with van der Waals surface area (Å²) in [6.07, 6.45) is 5.05. The highest BCUT2D eigenvalue weighted by Crippen LogP contribution is 2.26. The summed E-state index contributed by atoms with van der Waals surface area (Å²) in [5, 5.41) is 12.4. The van der Waals surface area contributed by atoms with Crippen LogP contribution in [0.3, 0.4) is 0 Å². The normalized spacial score (nSPS) is 22.0. The van der Waals surface area contributed by atoms with Gasteiger partial charge in [0.05, 0.1) is 24.4 Å². The first-order valence-electron chi connectivity index (χ1n) is 7.62. The highest BCUT2D eigenvalue weighted by Gasteiger charge is 2.25. The molecule has 1 fully saturated rings. The lowest BCUT2D eigenvalue weighted by atomic mass is 9.86. The number of ether oxygens (including phenoxy) is 1. The number of rotatable bonds is 6. The van der Waals surface area contributed by atoms with Gasteiger partial charge in [-0.05, 0) is 37.7 Å². The molecule has 5 heteroatoms. The summed E-state index contributed by atoms with van der Waals surface area (Å²) in [4.78, 5) is 15.2. The summed E-state index contributed by atoms with van der Waals surface area (Å²) in [5.74, 6) is 0.285. The summed E-state index contributed by atoms with van der Waals surface area (Å²) >= 11 is 0. The van der Waals surface area contributed by atoms with Crippen molar-refractivity contribution in [2.75, 3.05) is 11.9 Å². The Labute approximate surface area is 125 Å². The van der Waals surface area contributed by atoms with E-state index in [1.165, 1.54) is 0 Å². The van der Waals surface area contributed by atoms with Gasteiger partial charge in [-0.2, -0.15) is 0 Å². The van der Waals surface area contributed by atoms with E-state index in [0.717, 1.165) is 31.4 Å². The van der Waals surface area contributed by atoms with E-state index >= 15 is 0 Å². The molecular formula is C16H24N2O3. The predicted molar refractivity (Wildman–Crippen MR) is 81.6 cm³/mol. The molecule has 0 aliphatic heterocycles. The Kier molecular flexibility index (Phi) is 5.42. The maximum absolute atomic E-state index is 10.9. The number of aliphatic carboxylic acids is 1. The minimum Gasteiger partial charge on any atom is -0.481 e. The molecule has 1 aliphatic carbocycles. The van der Waals surface area contributed by atoms with Crippen molar-refractivity contribution in [1.29, 1.82) is 0 Å². The van der Waals surface area contributed by atoms with Gasteiger partial charge in [-0.3, -0.25) is 4.79 Å². The van der Waals surface area contributed by atoms with Crippen molar-refractivity contribution in [3.63, 3.8) is 0 Å². The molecule has 0 saturated heterocycles. The third kappa shape index (κ3) is 4.92. The number of carbonyl (C=O) groups is 1. The molecule has 5 nitrogen and oxygen atoms in total. The van der Waals surface area contributed by atoms with E-state index in [1.54, 1.807) is 6.20 Å². The van der Waals surface area contributed by atoms with Gasteiger partial charge in [0.2, 0.25) is 5.88 Å². The highest BCUT2D eigenvalue weighted by atomic mass is 16.5. The van der Waals surface area contributed by atoms with Gasteiger partial charge in [-0.25, -0.2) is 4.98 Å². The second kappa shape index (κ2) is 7.29. The van der Waals surface area contributed by atoms with Crippen LogP contribution < -0.4 is 10.1 Å². The fourth-order valence-corrected chi connectivity index (χ4v) is 2.52. The molecule has 0 amide bonds. The Morgan fingerprint density at radius 2 is 2.10 bits per heavy atom. The van der Waals surface area contributed by atoms with Gasteiger partial charge in [-0.1, -0.05) is 13.8 Å². The quantitative estimate of drug-likeness (QED) is 0.842. The first kappa shape index (κ1) is 15.6. The van der Waals surface area contributed by atoms with E-state index < -0.39 is 5.97 Å². The van der Waals surface area contributed by atoms with Crippen LogP contribution in [0.15, 0.2) is 18.3 Å². The Hall–Kier alpha value is -1.78. The summed E-state index contributed by atoms with van der Waals surface area (Å²) < 4.78 is 5.55. The van der Waals surface area contributed by atoms with Crippen molar-refractivity contribution in [3.05, 3.63) is 18.3 Å². The highest BCUT2D eigenvalue weighted by molar-refractivity contribution is 5.70. The Balaban J connectivity index is 1.80. The Bertz CT molecular complexity index is 451. The van der Waals surface area contributed by atoms with Gasteiger partial charge in [-0.15, -0.1) is 0 Å². The zero-order valence-corrected chi connectivity index (χ0v) is 12.7. The number of nitrogens with zero attached hydrogens (tertiary/aromatic N) is 1. The average Bonchev–Trinajstić information content (AvgIpc) is 2.47. The molecule has 0 bridgehead atoms. The second-order valence-electron chi connectivity index (χ2n) is 6.12. The van der Waals surface area contributed by atoms with E-state index in [1.807, 2.05) is 12.1 Å². The molecule has 1 aromatic heterocycles. The lowest BCUT2D eigenvalue weighted by Crippen LogP contribution is -2.29. The maximum atomic E-state index is 10.9. The molecule has 2 N–H and O–H groups in total. The molecule has 1 aliphatic rings. The standard InChI is InChI=1S/C16H24N2O3/c1-11(2)10-21-15-8-7-14(9-17-15)18-13-5-3-12(4-6-13)16(19)20/h7-9,11-13,18H,3-6,10H2,1-2H3,(H,19,20). The third-order valence-electron chi connectivity index (χ3n) is 3.75. The number of hydrogen-bond donors (Lipinski definition) is 2. The number of anilines is 1. The van der Waals surface area contributed by atoms with Crippen LogP contribution in [0.5, 0.6) is 5.88 Å². The Morgan fingerprint density at radius 1 is 1.38 bits per heavy atom. The topological polar surface area (TPSA) is 71.5 Å². The van der Waals surface area contributed by atoms with Crippen molar-refractivity contribution in [2.45, 2.75) is 45.6 Å². The molecule has 0 unspecified atom stereocenters. The lowest BCUT2D eigenvalue weighted by Gasteiger charge is -2.27. The van der Waals surface area contributed by atoms with E-state index in [-0.39, 0.29) is 5.92 Å². The smallest absolute Gasteiger partial charge is 0.306 e. The maximum Gasteiger partial charge on any atom is 0.306 e. The fraction of sp³-hybridized carbons (Fsp3) is 0.625. The Morgan fingerprint density at radius 3 is 2.62 bits per heavy atom. The zero-order chi connectivity index (χ0) is 15.2. The van der Waals surface area contributed by atoms with Crippen LogP contribution in [0.4, 0.5) is 5.69 Å². The molecule has 0 radical (unpaired) electrons. The summed E-state index contributed by atoms with van der Waals surface area (Å²) in [7, 11) is 0. The van der Waals surface area contributed by atoms with E-state index in [9.17, 15) is 4.79 Å². The van der Waals surface area contributed by atoms with E-state index in [4.69, 9.17) is 9.84 Å². The molecule has 1 saturated carbocycles. The molecule has 0 spiro atoms. The zero-order valence-electron chi connectivity index (χ0n) is 12.7. The number of pyridine rings is 1. The first-order valence-corrected chi connectivity index (χ1v) is 7.62. The SMILES string of the molecule is CC(C)COc1ccc(NC2CCC(C(=O)O)CC2)cn1. The number of carboxylic acid groups (broad SMARTS) is 1. The molecule has 0 aromatic carbocycles. The second-order valence-corrected chi connectivity index (χ2v) is 6.12. The van der Waals surface area contributed by atoms with Crippen molar-refractivity contribution in [3.8, 4) is 5.88 Å². The largest absolute Gasteiger partial charge is 0.481 e. The third-order valence-corrected chi connectivity index (χ3v) is 3.75. The molecular weight excluding hydrogens is 268 g/mol. The number of carboxylic acids is 1. The van der Waals surface area contributed by atoms with Gasteiger partial charge >= 0.3 is 5.97 Å². The minimum absolute atomic E-state index is 0.173. The van der Waals surface area contributed by atoms with Crippen LogP contribution in [-0.4, -0.2) is 28.7 Å². The molecule has 2 rings (SSSR count). The molecule has 21 heavy (non-hydrogen) atoms. The van der Waals surface area contributed by atoms with Gasteiger partial charge in [0, 0.05) is 12.1 Å². The number of hydrogen-bond acceptors (Lipinski definition) is 4. The first-order chi connectivity index (χ1) is 10.0. The van der Waals surface area contributed by atoms with Crippen molar-refractivity contribution >= 4 is 11.7 Å². The predicted octanol–water partition coefficient (Wildman–Crippen LogP) is 3.17. The molecule has 0 atom stereocenters. The average molecular weight is 292 g/mol. The van der Waals surface area contributed by atoms with Crippen molar-refractivity contribution in [2.24, 2.45) is 11.8 Å². The number of nitrogens with one attached hydrogen (secondary N) is 1. The fourth-order valence-electron chi connectivity index (χ4n) is 2.52. The van der Waals surface area contributed by atoms with Gasteiger partial charge in [0.1, 0.15) is 0 Å². The van der Waals surface area contributed by atoms with E-state index in [2.05, 4.69) is 24.1 Å². The monoisotopic (exact) mass is 292 g/mol. The van der Waals surface area contributed by atoms with Crippen LogP contribution in [0.1, 0.15) is 39.5 Å². The van der Waals surface area contributed by atoms with Crippen LogP contribution in [0.2, 0.25) is 0 Å². The van der Waals surface area contributed by atoms with Crippen molar-refractivity contribution in [1.82, 2.24) is 4.98 Å². The van der Waals surface area contributed by atoms with Crippen LogP contribution in [0, 0.1) is 11.8 Å². The van der Waals surface area contributed by atoms with Gasteiger partial charge in [0.15, 0.2) is 0 Å². The van der Waals surface area contributed by atoms with Crippen LogP contribution >= 0.6 is 0 Å². The summed E-state index contributed by atoms with van der Waals surface area (Å²) in [5.41, 5.74) is 0.964. The molecule has 1 aromatic rings. The minimum atomic E-state index is -0.665. The van der Waals surface area contributed by atoms with Crippen molar-refractivity contribution < 1.29 is 14.6 Å². The molecule has 116 valence electrons. The van der Waals surface area contributed by atoms with E-state index in [0.29, 0.717) is 24.4 Å². The number of aromatic nitrogens is 1. The lowest BCUT2D eigenvalue weighted by molar-refractivity contribution is -0.142. The summed E-state index contributed by atoms with van der Waals surface area (Å²) in [6, 6.07) is 4.17. The van der Waals surface area contributed by atoms with Crippen LogP contribution in [-0.2, 0) is 4.79 Å². The van der Waals surface area contributed by atoms with Gasteiger partial charge in [0.25, 0.3) is 0 Å². The van der Waals surface area contributed by atoms with Gasteiger partial charge < -0.3 is 15.2 Å².